The van der Waals surface area contributed by atoms with E-state index in [2.05, 4.69) is 10.6 Å². The molecule has 0 aliphatic carbocycles. The third kappa shape index (κ3) is 7.36. The van der Waals surface area contributed by atoms with Crippen LogP contribution in [0.5, 0.6) is 11.5 Å². The Bertz CT molecular complexity index is 1190. The minimum absolute atomic E-state index is 0.241. The van der Waals surface area contributed by atoms with E-state index in [1.54, 1.807) is 49.6 Å². The van der Waals surface area contributed by atoms with E-state index in [0.717, 1.165) is 16.9 Å². The number of hydrogen-bond acceptors (Lipinski definition) is 5. The number of ether oxygens (including phenoxy) is 2. The smallest absolute Gasteiger partial charge is 0.308 e. The van der Waals surface area contributed by atoms with Crippen molar-refractivity contribution in [3.05, 3.63) is 95.6 Å². The molecule has 0 aromatic heterocycles. The van der Waals surface area contributed by atoms with E-state index < -0.39 is 5.97 Å². The minimum atomic E-state index is -0.458. The Morgan fingerprint density at radius 1 is 0.909 bits per heavy atom. The zero-order valence-electron chi connectivity index (χ0n) is 18.3. The van der Waals surface area contributed by atoms with Crippen LogP contribution in [0.25, 0.3) is 6.08 Å². The lowest BCUT2D eigenvalue weighted by atomic mass is 10.1. The normalized spacial score (nSPS) is 10.5. The molecule has 168 valence electrons. The summed E-state index contributed by atoms with van der Waals surface area (Å²) >= 11 is 0. The second kappa shape index (κ2) is 11.3. The first-order valence-electron chi connectivity index (χ1n) is 10.2. The molecule has 0 bridgehead atoms. The van der Waals surface area contributed by atoms with Gasteiger partial charge in [-0.3, -0.25) is 14.4 Å². The van der Waals surface area contributed by atoms with Crippen LogP contribution in [0.15, 0.2) is 78.9 Å². The van der Waals surface area contributed by atoms with Gasteiger partial charge in [0.1, 0.15) is 11.5 Å². The van der Waals surface area contributed by atoms with Gasteiger partial charge >= 0.3 is 5.97 Å². The second-order valence-corrected chi connectivity index (χ2v) is 7.10. The molecule has 0 saturated heterocycles. The molecule has 3 aromatic carbocycles. The molecular weight excluding hydrogens is 420 g/mol. The van der Waals surface area contributed by atoms with Crippen LogP contribution in [-0.2, 0) is 16.1 Å². The fourth-order valence-electron chi connectivity index (χ4n) is 2.99. The van der Waals surface area contributed by atoms with Gasteiger partial charge in [0.25, 0.3) is 5.91 Å². The highest BCUT2D eigenvalue weighted by atomic mass is 16.5. The Balaban J connectivity index is 1.57. The molecule has 0 atom stereocenters. The summed E-state index contributed by atoms with van der Waals surface area (Å²) in [6, 6.07) is 20.9. The van der Waals surface area contributed by atoms with E-state index in [1.165, 1.54) is 19.1 Å². The van der Waals surface area contributed by atoms with Gasteiger partial charge < -0.3 is 20.1 Å². The topological polar surface area (TPSA) is 93.7 Å². The summed E-state index contributed by atoms with van der Waals surface area (Å²) in [5, 5.41) is 5.62. The van der Waals surface area contributed by atoms with Crippen LogP contribution in [0.2, 0.25) is 0 Å². The standard InChI is InChI=1S/C26H24N2O5/c1-18(29)33-24-11-5-8-21(16-24)26(31)28-22-9-3-7-20(14-22)17-27-25(30)13-12-19-6-4-10-23(15-19)32-2/h3-16H,17H2,1-2H3,(H,27,30)(H,28,31)/b13-12+. The number of methoxy groups -OCH3 is 1. The van der Waals surface area contributed by atoms with Crippen molar-refractivity contribution >= 4 is 29.5 Å². The molecule has 0 aliphatic rings. The fraction of sp³-hybridized carbons (Fsp3) is 0.115. The van der Waals surface area contributed by atoms with E-state index in [1.807, 2.05) is 30.3 Å². The van der Waals surface area contributed by atoms with Crippen molar-refractivity contribution in [3.8, 4) is 11.5 Å². The number of nitrogens with one attached hydrogen (secondary N) is 2. The first-order valence-corrected chi connectivity index (χ1v) is 10.2. The van der Waals surface area contributed by atoms with Crippen molar-refractivity contribution in [2.45, 2.75) is 13.5 Å². The quantitative estimate of drug-likeness (QED) is 0.309. The summed E-state index contributed by atoms with van der Waals surface area (Å²) in [7, 11) is 1.59. The molecule has 0 radical (unpaired) electrons. The maximum absolute atomic E-state index is 12.6. The Labute approximate surface area is 192 Å². The lowest BCUT2D eigenvalue weighted by Crippen LogP contribution is -2.20. The number of carbonyl (C=O) groups is 3. The summed E-state index contributed by atoms with van der Waals surface area (Å²) in [6.45, 7) is 1.60. The van der Waals surface area contributed by atoms with Crippen LogP contribution in [-0.4, -0.2) is 24.9 Å². The van der Waals surface area contributed by atoms with Crippen molar-refractivity contribution in [3.63, 3.8) is 0 Å². The number of rotatable bonds is 8. The van der Waals surface area contributed by atoms with E-state index in [0.29, 0.717) is 23.5 Å². The van der Waals surface area contributed by atoms with Gasteiger partial charge in [0.15, 0.2) is 0 Å². The third-order valence-electron chi connectivity index (χ3n) is 4.53. The molecule has 0 unspecified atom stereocenters. The predicted molar refractivity (Wildman–Crippen MR) is 126 cm³/mol. The molecule has 2 amide bonds. The van der Waals surface area contributed by atoms with Crippen molar-refractivity contribution < 1.29 is 23.9 Å². The van der Waals surface area contributed by atoms with E-state index in [-0.39, 0.29) is 11.8 Å². The van der Waals surface area contributed by atoms with Gasteiger partial charge in [-0.1, -0.05) is 30.3 Å². The highest BCUT2D eigenvalue weighted by Gasteiger charge is 2.09. The Morgan fingerprint density at radius 3 is 2.45 bits per heavy atom. The molecule has 7 nitrogen and oxygen atoms in total. The van der Waals surface area contributed by atoms with Crippen LogP contribution in [0.4, 0.5) is 5.69 Å². The molecule has 0 heterocycles. The van der Waals surface area contributed by atoms with Crippen molar-refractivity contribution in [2.24, 2.45) is 0 Å². The van der Waals surface area contributed by atoms with Gasteiger partial charge in [-0.15, -0.1) is 0 Å². The van der Waals surface area contributed by atoms with Crippen molar-refractivity contribution in [1.82, 2.24) is 5.32 Å². The van der Waals surface area contributed by atoms with Crippen LogP contribution >= 0.6 is 0 Å². The lowest BCUT2D eigenvalue weighted by molar-refractivity contribution is -0.131. The van der Waals surface area contributed by atoms with Crippen LogP contribution in [0.1, 0.15) is 28.4 Å². The number of carbonyl (C=O) groups excluding carboxylic acids is 3. The van der Waals surface area contributed by atoms with Crippen molar-refractivity contribution in [1.29, 1.82) is 0 Å². The molecule has 2 N–H and O–H groups in total. The predicted octanol–water partition coefficient (Wildman–Crippen LogP) is 4.20. The number of hydrogen-bond donors (Lipinski definition) is 2. The Morgan fingerprint density at radius 2 is 1.67 bits per heavy atom. The second-order valence-electron chi connectivity index (χ2n) is 7.10. The molecule has 0 saturated carbocycles. The first-order chi connectivity index (χ1) is 15.9. The number of esters is 1. The fourth-order valence-corrected chi connectivity index (χ4v) is 2.99. The molecule has 0 aliphatic heterocycles. The lowest BCUT2D eigenvalue weighted by Gasteiger charge is -2.09. The average molecular weight is 444 g/mol. The largest absolute Gasteiger partial charge is 0.497 e. The Kier molecular flexibility index (Phi) is 7.96. The van der Waals surface area contributed by atoms with Gasteiger partial charge in [-0.25, -0.2) is 0 Å². The molecule has 3 aromatic rings. The highest BCUT2D eigenvalue weighted by Crippen LogP contribution is 2.17. The summed E-state index contributed by atoms with van der Waals surface area (Å²) < 4.78 is 10.2. The molecular formula is C26H24N2O5. The zero-order valence-corrected chi connectivity index (χ0v) is 18.3. The number of anilines is 1. The monoisotopic (exact) mass is 444 g/mol. The summed E-state index contributed by atoms with van der Waals surface area (Å²) in [5.41, 5.74) is 2.61. The minimum Gasteiger partial charge on any atom is -0.497 e. The van der Waals surface area contributed by atoms with Gasteiger partial charge in [0.05, 0.1) is 7.11 Å². The maximum Gasteiger partial charge on any atom is 0.308 e. The molecule has 3 rings (SSSR count). The van der Waals surface area contributed by atoms with Gasteiger partial charge in [0, 0.05) is 30.8 Å². The Hall–Kier alpha value is -4.39. The number of benzene rings is 3. The maximum atomic E-state index is 12.6. The van der Waals surface area contributed by atoms with E-state index >= 15 is 0 Å². The van der Waals surface area contributed by atoms with Gasteiger partial charge in [-0.2, -0.15) is 0 Å². The molecule has 33 heavy (non-hydrogen) atoms. The third-order valence-corrected chi connectivity index (χ3v) is 4.53. The summed E-state index contributed by atoms with van der Waals surface area (Å²) in [5.74, 6) is -0.0234. The number of amides is 2. The van der Waals surface area contributed by atoms with Crippen LogP contribution < -0.4 is 20.1 Å². The first kappa shape index (κ1) is 23.3. The molecule has 0 fully saturated rings. The summed E-state index contributed by atoms with van der Waals surface area (Å²) in [4.78, 5) is 35.8. The summed E-state index contributed by atoms with van der Waals surface area (Å²) in [6.07, 6.45) is 3.16. The van der Waals surface area contributed by atoms with Gasteiger partial charge in [-0.05, 0) is 59.7 Å². The van der Waals surface area contributed by atoms with E-state index in [9.17, 15) is 14.4 Å². The van der Waals surface area contributed by atoms with Gasteiger partial charge in [0.2, 0.25) is 5.91 Å². The molecule has 0 spiro atoms. The SMILES string of the molecule is COc1cccc(/C=C/C(=O)NCc2cccc(NC(=O)c3cccc(OC(C)=O)c3)c2)c1. The molecule has 7 heteroatoms. The van der Waals surface area contributed by atoms with Crippen LogP contribution in [0, 0.1) is 0 Å². The van der Waals surface area contributed by atoms with E-state index in [4.69, 9.17) is 9.47 Å². The average Bonchev–Trinajstić information content (AvgIpc) is 2.81. The highest BCUT2D eigenvalue weighted by molar-refractivity contribution is 6.04. The van der Waals surface area contributed by atoms with Crippen LogP contribution in [0.3, 0.4) is 0 Å². The zero-order chi connectivity index (χ0) is 23.6. The van der Waals surface area contributed by atoms with Crippen molar-refractivity contribution in [2.75, 3.05) is 12.4 Å².